The lowest BCUT2D eigenvalue weighted by atomic mass is 10.2. The van der Waals surface area contributed by atoms with Gasteiger partial charge in [0.2, 0.25) is 0 Å². The molecule has 2 rings (SSSR count). The van der Waals surface area contributed by atoms with Gasteiger partial charge in [-0.25, -0.2) is 4.98 Å². The molecule has 2 unspecified atom stereocenters. The first kappa shape index (κ1) is 15.6. The van der Waals surface area contributed by atoms with Gasteiger partial charge < -0.3 is 20.1 Å². The molecule has 0 aromatic carbocycles. The van der Waals surface area contributed by atoms with Crippen molar-refractivity contribution in [1.82, 2.24) is 4.98 Å². The molecule has 1 saturated heterocycles. The molecule has 112 valence electrons. The fraction of sp³-hybridized carbons (Fsp3) is 0.615. The van der Waals surface area contributed by atoms with Crippen LogP contribution in [-0.4, -0.2) is 48.5 Å². The van der Waals surface area contributed by atoms with Crippen LogP contribution in [0.4, 0.5) is 11.6 Å². The minimum atomic E-state index is -0.220. The summed E-state index contributed by atoms with van der Waals surface area (Å²) in [6.45, 7) is 5.80. The molecule has 0 aliphatic carbocycles. The monoisotopic (exact) mass is 319 g/mol. The second-order valence-electron chi connectivity index (χ2n) is 4.79. The van der Waals surface area contributed by atoms with Gasteiger partial charge in [-0.05, 0) is 19.9 Å². The Balaban J connectivity index is 2.32. The van der Waals surface area contributed by atoms with Crippen molar-refractivity contribution < 1.29 is 9.84 Å². The summed E-state index contributed by atoms with van der Waals surface area (Å²) >= 11 is 12.4. The number of nitrogens with one attached hydrogen (secondary N) is 1. The molecule has 1 aliphatic heterocycles. The third-order valence-electron chi connectivity index (χ3n) is 3.24. The molecule has 2 atom stereocenters. The predicted octanol–water partition coefficient (Wildman–Crippen LogP) is 2.41. The standard InChI is InChI=1S/C13H19Cl2N3O2/c1-3-16-12-10(14)4-11(15)13(17-12)18-5-9(6-19)20-7-8(18)2/h4,8-9,19H,3,5-7H2,1-2H3,(H,16,17). The van der Waals surface area contributed by atoms with E-state index in [9.17, 15) is 5.11 Å². The fourth-order valence-corrected chi connectivity index (χ4v) is 2.71. The topological polar surface area (TPSA) is 57.6 Å². The molecule has 2 heterocycles. The quantitative estimate of drug-likeness (QED) is 0.892. The Bertz CT molecular complexity index is 473. The van der Waals surface area contributed by atoms with Crippen LogP contribution in [0.25, 0.3) is 0 Å². The molecule has 0 saturated carbocycles. The van der Waals surface area contributed by atoms with Gasteiger partial charge in [-0.2, -0.15) is 0 Å². The van der Waals surface area contributed by atoms with Crippen LogP contribution in [0.5, 0.6) is 0 Å². The van der Waals surface area contributed by atoms with Gasteiger partial charge in [0.05, 0.1) is 35.4 Å². The Labute approximate surface area is 128 Å². The van der Waals surface area contributed by atoms with Crippen molar-refractivity contribution in [2.45, 2.75) is 26.0 Å². The molecule has 2 N–H and O–H groups in total. The minimum Gasteiger partial charge on any atom is -0.394 e. The highest BCUT2D eigenvalue weighted by Gasteiger charge is 2.28. The number of anilines is 2. The third-order valence-corrected chi connectivity index (χ3v) is 3.80. The Morgan fingerprint density at radius 1 is 1.50 bits per heavy atom. The summed E-state index contributed by atoms with van der Waals surface area (Å²) in [5.74, 6) is 1.29. The van der Waals surface area contributed by atoms with E-state index < -0.39 is 0 Å². The molecule has 0 bridgehead atoms. The number of hydrogen-bond donors (Lipinski definition) is 2. The number of aliphatic hydroxyl groups excluding tert-OH is 1. The first-order chi connectivity index (χ1) is 9.56. The number of rotatable bonds is 4. The highest BCUT2D eigenvalue weighted by molar-refractivity contribution is 6.37. The van der Waals surface area contributed by atoms with E-state index in [2.05, 4.69) is 10.3 Å². The summed E-state index contributed by atoms with van der Waals surface area (Å²) < 4.78 is 5.53. The zero-order valence-electron chi connectivity index (χ0n) is 11.6. The fourth-order valence-electron chi connectivity index (χ4n) is 2.17. The summed E-state index contributed by atoms with van der Waals surface area (Å²) in [5, 5.41) is 13.4. The van der Waals surface area contributed by atoms with E-state index in [1.165, 1.54) is 0 Å². The number of pyridine rings is 1. The average Bonchev–Trinajstić information content (AvgIpc) is 2.43. The van der Waals surface area contributed by atoms with Crippen molar-refractivity contribution in [3.8, 4) is 0 Å². The summed E-state index contributed by atoms with van der Waals surface area (Å²) in [5.41, 5.74) is 0. The van der Waals surface area contributed by atoms with Gasteiger partial charge in [-0.3, -0.25) is 0 Å². The summed E-state index contributed by atoms with van der Waals surface area (Å²) in [6.07, 6.45) is -0.220. The first-order valence-electron chi connectivity index (χ1n) is 6.65. The molecule has 0 amide bonds. The van der Waals surface area contributed by atoms with Gasteiger partial charge in [-0.15, -0.1) is 0 Å². The molecular formula is C13H19Cl2N3O2. The van der Waals surface area contributed by atoms with Crippen LogP contribution < -0.4 is 10.2 Å². The highest BCUT2D eigenvalue weighted by atomic mass is 35.5. The Morgan fingerprint density at radius 2 is 2.25 bits per heavy atom. The van der Waals surface area contributed by atoms with E-state index in [4.69, 9.17) is 27.9 Å². The zero-order chi connectivity index (χ0) is 14.7. The number of hydrogen-bond acceptors (Lipinski definition) is 5. The Kier molecular flexibility index (Phi) is 5.32. The van der Waals surface area contributed by atoms with Gasteiger partial charge in [-0.1, -0.05) is 23.2 Å². The molecule has 1 aromatic rings. The molecule has 0 spiro atoms. The van der Waals surface area contributed by atoms with Gasteiger partial charge in [0.15, 0.2) is 0 Å². The van der Waals surface area contributed by atoms with Crippen molar-refractivity contribution in [2.75, 3.05) is 36.5 Å². The lowest BCUT2D eigenvalue weighted by molar-refractivity contribution is -0.0105. The minimum absolute atomic E-state index is 0.0193. The maximum atomic E-state index is 9.26. The number of aromatic nitrogens is 1. The molecule has 1 fully saturated rings. The second-order valence-corrected chi connectivity index (χ2v) is 5.61. The molecule has 0 radical (unpaired) electrons. The van der Waals surface area contributed by atoms with Gasteiger partial charge in [0.1, 0.15) is 11.6 Å². The van der Waals surface area contributed by atoms with E-state index in [0.29, 0.717) is 34.8 Å². The second kappa shape index (κ2) is 6.80. The van der Waals surface area contributed by atoms with Gasteiger partial charge in [0.25, 0.3) is 0 Å². The van der Waals surface area contributed by atoms with Crippen LogP contribution in [-0.2, 0) is 4.74 Å². The van der Waals surface area contributed by atoms with E-state index in [1.807, 2.05) is 18.7 Å². The zero-order valence-corrected chi connectivity index (χ0v) is 13.1. The van der Waals surface area contributed by atoms with Crippen LogP contribution in [0.3, 0.4) is 0 Å². The van der Waals surface area contributed by atoms with E-state index in [0.717, 1.165) is 6.54 Å². The SMILES string of the molecule is CCNc1nc(N2CC(CO)OCC2C)c(Cl)cc1Cl. The maximum Gasteiger partial charge on any atom is 0.150 e. The van der Waals surface area contributed by atoms with Crippen molar-refractivity contribution in [3.05, 3.63) is 16.1 Å². The van der Waals surface area contributed by atoms with E-state index in [1.54, 1.807) is 6.07 Å². The number of nitrogens with zero attached hydrogens (tertiary/aromatic N) is 2. The lowest BCUT2D eigenvalue weighted by Gasteiger charge is -2.38. The van der Waals surface area contributed by atoms with Crippen LogP contribution in [0.15, 0.2) is 6.07 Å². The Morgan fingerprint density at radius 3 is 2.90 bits per heavy atom. The summed E-state index contributed by atoms with van der Waals surface area (Å²) in [4.78, 5) is 6.56. The van der Waals surface area contributed by atoms with Crippen molar-refractivity contribution in [3.63, 3.8) is 0 Å². The number of morpholine rings is 1. The number of aliphatic hydroxyl groups is 1. The van der Waals surface area contributed by atoms with E-state index >= 15 is 0 Å². The Hall–Kier alpha value is -0.750. The first-order valence-corrected chi connectivity index (χ1v) is 7.41. The normalized spacial score (nSPS) is 22.9. The molecule has 7 heteroatoms. The largest absolute Gasteiger partial charge is 0.394 e. The summed E-state index contributed by atoms with van der Waals surface area (Å²) in [7, 11) is 0. The van der Waals surface area contributed by atoms with Crippen LogP contribution in [0, 0.1) is 0 Å². The van der Waals surface area contributed by atoms with Crippen LogP contribution in [0.2, 0.25) is 10.0 Å². The summed E-state index contributed by atoms with van der Waals surface area (Å²) in [6, 6.07) is 1.83. The van der Waals surface area contributed by atoms with Crippen molar-refractivity contribution in [1.29, 1.82) is 0 Å². The molecule has 1 aromatic heterocycles. The van der Waals surface area contributed by atoms with Crippen LogP contribution in [0.1, 0.15) is 13.8 Å². The van der Waals surface area contributed by atoms with Gasteiger partial charge >= 0.3 is 0 Å². The van der Waals surface area contributed by atoms with Gasteiger partial charge in [0, 0.05) is 13.1 Å². The van der Waals surface area contributed by atoms with Crippen LogP contribution >= 0.6 is 23.2 Å². The maximum absolute atomic E-state index is 9.26. The average molecular weight is 320 g/mol. The predicted molar refractivity (Wildman–Crippen MR) is 82.1 cm³/mol. The smallest absolute Gasteiger partial charge is 0.150 e. The molecule has 20 heavy (non-hydrogen) atoms. The molecule has 5 nitrogen and oxygen atoms in total. The van der Waals surface area contributed by atoms with E-state index in [-0.39, 0.29) is 18.8 Å². The lowest BCUT2D eigenvalue weighted by Crippen LogP contribution is -2.50. The third kappa shape index (κ3) is 3.28. The van der Waals surface area contributed by atoms with Crippen molar-refractivity contribution >= 4 is 34.8 Å². The number of ether oxygens (including phenoxy) is 1. The van der Waals surface area contributed by atoms with Crippen molar-refractivity contribution in [2.24, 2.45) is 0 Å². The molecular weight excluding hydrogens is 301 g/mol. The molecule has 1 aliphatic rings. The number of halogens is 2. The highest BCUT2D eigenvalue weighted by Crippen LogP contribution is 2.33.